The van der Waals surface area contributed by atoms with E-state index in [1.54, 1.807) is 36.4 Å². The van der Waals surface area contributed by atoms with E-state index >= 15 is 0 Å². The van der Waals surface area contributed by atoms with E-state index < -0.39 is 23.7 Å². The first-order chi connectivity index (χ1) is 18.8. The number of aliphatic hydroxyl groups is 1. The van der Waals surface area contributed by atoms with Crippen molar-refractivity contribution in [3.05, 3.63) is 94.6 Å². The number of nitrogens with zero attached hydrogens (tertiary/aromatic N) is 2. The molecule has 0 aliphatic carbocycles. The molecule has 3 aromatic carbocycles. The van der Waals surface area contributed by atoms with Crippen LogP contribution in [0.25, 0.3) is 5.76 Å². The van der Waals surface area contributed by atoms with Gasteiger partial charge in [-0.15, -0.1) is 0 Å². The van der Waals surface area contributed by atoms with Crippen LogP contribution in [0.15, 0.2) is 72.3 Å². The maximum absolute atomic E-state index is 13.5. The molecule has 39 heavy (non-hydrogen) atoms. The van der Waals surface area contributed by atoms with Crippen LogP contribution in [-0.4, -0.2) is 49.6 Å². The average molecular weight is 527 g/mol. The van der Waals surface area contributed by atoms with E-state index in [-0.39, 0.29) is 23.5 Å². The molecule has 0 bridgehead atoms. The fourth-order valence-electron chi connectivity index (χ4n) is 4.97. The number of fused-ring (bicyclic) bond motifs is 1. The van der Waals surface area contributed by atoms with Crippen LogP contribution in [0.5, 0.6) is 5.75 Å². The van der Waals surface area contributed by atoms with Crippen molar-refractivity contribution in [3.8, 4) is 5.75 Å². The smallest absolute Gasteiger partial charge is 0.338 e. The number of amides is 1. The number of ether oxygens (including phenoxy) is 2. The average Bonchev–Trinajstić information content (AvgIpc) is 3.21. The van der Waals surface area contributed by atoms with Crippen LogP contribution in [0.3, 0.4) is 0 Å². The molecule has 0 saturated carbocycles. The maximum Gasteiger partial charge on any atom is 0.338 e. The molecule has 2 heterocycles. The predicted molar refractivity (Wildman–Crippen MR) is 148 cm³/mol. The van der Waals surface area contributed by atoms with Crippen LogP contribution >= 0.6 is 0 Å². The summed E-state index contributed by atoms with van der Waals surface area (Å²) >= 11 is 0. The number of rotatable bonds is 6. The molecule has 1 fully saturated rings. The lowest BCUT2D eigenvalue weighted by Crippen LogP contribution is -2.29. The molecule has 8 nitrogen and oxygen atoms in total. The molecule has 2 aliphatic heterocycles. The number of aliphatic hydroxyl groups excluding tert-OH is 1. The van der Waals surface area contributed by atoms with E-state index in [1.807, 2.05) is 50.1 Å². The Balaban J connectivity index is 1.65. The third-order valence-corrected chi connectivity index (χ3v) is 6.93. The Kier molecular flexibility index (Phi) is 7.11. The second-order valence-electron chi connectivity index (χ2n) is 9.72. The zero-order chi connectivity index (χ0) is 27.7. The van der Waals surface area contributed by atoms with E-state index in [0.717, 1.165) is 11.3 Å². The number of benzene rings is 3. The fraction of sp³-hybridized carbons (Fsp3) is 0.258. The number of aryl methyl sites for hydroxylation is 1. The normalized spacial score (nSPS) is 18.1. The van der Waals surface area contributed by atoms with Crippen molar-refractivity contribution in [2.75, 3.05) is 36.6 Å². The van der Waals surface area contributed by atoms with Gasteiger partial charge >= 0.3 is 5.97 Å². The first-order valence-corrected chi connectivity index (χ1v) is 12.9. The molecule has 2 aliphatic rings. The minimum absolute atomic E-state index is 0.0242. The second kappa shape index (κ2) is 10.6. The van der Waals surface area contributed by atoms with Crippen molar-refractivity contribution < 1.29 is 29.0 Å². The highest BCUT2D eigenvalue weighted by atomic mass is 16.5. The number of esters is 1. The quantitative estimate of drug-likeness (QED) is 0.209. The van der Waals surface area contributed by atoms with E-state index in [4.69, 9.17) is 9.47 Å². The number of carbonyl (C=O) groups is 3. The Morgan fingerprint density at radius 3 is 2.62 bits per heavy atom. The number of hydrogen-bond acceptors (Lipinski definition) is 7. The van der Waals surface area contributed by atoms with Gasteiger partial charge in [0.15, 0.2) is 0 Å². The van der Waals surface area contributed by atoms with Gasteiger partial charge in [-0.2, -0.15) is 0 Å². The topological polar surface area (TPSA) is 96.4 Å². The Labute approximate surface area is 227 Å². The highest BCUT2D eigenvalue weighted by molar-refractivity contribution is 6.51. The molecular formula is C31H30N2O6. The number of Topliss-reactive ketones (excluding diaryl/α,β-unsaturated/α-hetero) is 1. The van der Waals surface area contributed by atoms with Crippen LogP contribution in [0.1, 0.15) is 46.4 Å². The monoisotopic (exact) mass is 526 g/mol. The van der Waals surface area contributed by atoms with Gasteiger partial charge in [0.1, 0.15) is 18.1 Å². The largest absolute Gasteiger partial charge is 0.507 e. The van der Waals surface area contributed by atoms with Crippen molar-refractivity contribution >= 4 is 34.8 Å². The molecule has 3 aromatic rings. The van der Waals surface area contributed by atoms with Crippen molar-refractivity contribution in [1.29, 1.82) is 0 Å². The van der Waals surface area contributed by atoms with Crippen molar-refractivity contribution in [2.45, 2.75) is 26.3 Å². The number of carbonyl (C=O) groups excluding carboxylic acids is 3. The van der Waals surface area contributed by atoms with Gasteiger partial charge in [-0.3, -0.25) is 14.5 Å². The number of ketones is 1. The summed E-state index contributed by atoms with van der Waals surface area (Å²) in [7, 11) is 1.93. The van der Waals surface area contributed by atoms with Gasteiger partial charge in [-0.25, -0.2) is 4.79 Å². The lowest BCUT2D eigenvalue weighted by molar-refractivity contribution is -0.132. The molecule has 1 atom stereocenters. The van der Waals surface area contributed by atoms with Crippen LogP contribution in [-0.2, 0) is 14.3 Å². The second-order valence-corrected chi connectivity index (χ2v) is 9.72. The fourth-order valence-corrected chi connectivity index (χ4v) is 4.97. The molecule has 1 saturated heterocycles. The Bertz CT molecular complexity index is 1490. The zero-order valence-electron chi connectivity index (χ0n) is 22.1. The molecule has 1 amide bonds. The van der Waals surface area contributed by atoms with Gasteiger partial charge < -0.3 is 19.5 Å². The summed E-state index contributed by atoms with van der Waals surface area (Å²) in [6, 6.07) is 18.2. The summed E-state index contributed by atoms with van der Waals surface area (Å²) in [5.41, 5.74) is 3.37. The molecular weight excluding hydrogens is 496 g/mol. The van der Waals surface area contributed by atoms with Crippen LogP contribution in [0.4, 0.5) is 11.4 Å². The number of anilines is 2. The summed E-state index contributed by atoms with van der Waals surface area (Å²) < 4.78 is 11.0. The Hall–Kier alpha value is -4.59. The zero-order valence-corrected chi connectivity index (χ0v) is 22.1. The number of likely N-dealkylation sites (N-methyl/N-ethyl adjacent to an activating group) is 1. The lowest BCUT2D eigenvalue weighted by Gasteiger charge is -2.28. The van der Waals surface area contributed by atoms with Crippen LogP contribution < -0.4 is 14.5 Å². The SMILES string of the molecule is CCCOC(=O)c1cccc(N2C(=O)C(=O)/C(=C(\O)c3ccc4c(c3)N(C)CCO4)C2c2cccc(C)c2)c1. The summed E-state index contributed by atoms with van der Waals surface area (Å²) in [5, 5.41) is 11.5. The third kappa shape index (κ3) is 4.85. The molecule has 5 rings (SSSR count). The summed E-state index contributed by atoms with van der Waals surface area (Å²) in [4.78, 5) is 43.0. The molecule has 1 N–H and O–H groups in total. The van der Waals surface area contributed by atoms with E-state index in [2.05, 4.69) is 0 Å². The standard InChI is InChI=1S/C31H30N2O6/c1-4-14-39-31(37)22-9-6-10-23(17-22)33-27(20-8-5-7-19(2)16-20)26(29(35)30(33)36)28(34)21-11-12-25-24(18-21)32(3)13-15-38-25/h5-12,16-18,27,34H,4,13-15H2,1-3H3/b28-26-. The predicted octanol–water partition coefficient (Wildman–Crippen LogP) is 5.02. The Morgan fingerprint density at radius 1 is 1.05 bits per heavy atom. The van der Waals surface area contributed by atoms with Gasteiger partial charge in [0.2, 0.25) is 0 Å². The minimum Gasteiger partial charge on any atom is -0.507 e. The van der Waals surface area contributed by atoms with Crippen LogP contribution in [0.2, 0.25) is 0 Å². The minimum atomic E-state index is -0.906. The highest BCUT2D eigenvalue weighted by Crippen LogP contribution is 2.43. The molecule has 1 unspecified atom stereocenters. The molecule has 8 heteroatoms. The summed E-state index contributed by atoms with van der Waals surface area (Å²) in [6.45, 7) is 5.33. The number of hydrogen-bond donors (Lipinski definition) is 1. The maximum atomic E-state index is 13.5. The Morgan fingerprint density at radius 2 is 1.85 bits per heavy atom. The van der Waals surface area contributed by atoms with Gasteiger partial charge in [0.05, 0.1) is 36.0 Å². The van der Waals surface area contributed by atoms with Crippen molar-refractivity contribution in [1.82, 2.24) is 0 Å². The van der Waals surface area contributed by atoms with Gasteiger partial charge in [-0.1, -0.05) is 42.8 Å². The molecule has 0 aromatic heterocycles. The molecule has 200 valence electrons. The van der Waals surface area contributed by atoms with Crippen LogP contribution in [0, 0.1) is 6.92 Å². The lowest BCUT2D eigenvalue weighted by atomic mass is 9.94. The first-order valence-electron chi connectivity index (χ1n) is 12.9. The van der Waals surface area contributed by atoms with E-state index in [0.29, 0.717) is 42.1 Å². The molecule has 0 spiro atoms. The van der Waals surface area contributed by atoms with Crippen molar-refractivity contribution in [2.24, 2.45) is 0 Å². The van der Waals surface area contributed by atoms with Gasteiger partial charge in [0, 0.05) is 18.3 Å². The third-order valence-electron chi connectivity index (χ3n) is 6.93. The van der Waals surface area contributed by atoms with E-state index in [1.165, 1.54) is 11.0 Å². The van der Waals surface area contributed by atoms with Gasteiger partial charge in [0.25, 0.3) is 11.7 Å². The summed E-state index contributed by atoms with van der Waals surface area (Å²) in [5.74, 6) is -1.70. The highest BCUT2D eigenvalue weighted by Gasteiger charge is 2.47. The first kappa shape index (κ1) is 26.0. The molecule has 0 radical (unpaired) electrons. The van der Waals surface area contributed by atoms with Gasteiger partial charge in [-0.05, 0) is 55.3 Å². The van der Waals surface area contributed by atoms with Crippen molar-refractivity contribution in [3.63, 3.8) is 0 Å². The summed E-state index contributed by atoms with van der Waals surface area (Å²) in [6.07, 6.45) is 0.679. The van der Waals surface area contributed by atoms with E-state index in [9.17, 15) is 19.5 Å².